The maximum Gasteiger partial charge on any atom is 0.128 e. The van der Waals surface area contributed by atoms with E-state index in [1.54, 1.807) is 7.11 Å². The lowest BCUT2D eigenvalue weighted by molar-refractivity contribution is 0.415. The van der Waals surface area contributed by atoms with Crippen LogP contribution in [0.4, 0.5) is 0 Å². The van der Waals surface area contributed by atoms with Gasteiger partial charge in [0.15, 0.2) is 0 Å². The molecule has 0 saturated heterocycles. The summed E-state index contributed by atoms with van der Waals surface area (Å²) < 4.78 is 5.51. The highest BCUT2D eigenvalue weighted by atomic mass is 16.5. The molecule has 1 aromatic heterocycles. The summed E-state index contributed by atoms with van der Waals surface area (Å²) in [6.07, 6.45) is 4.00. The van der Waals surface area contributed by atoms with Crippen LogP contribution < -0.4 is 4.74 Å². The number of pyridine rings is 1. The zero-order valence-corrected chi connectivity index (χ0v) is 10.2. The van der Waals surface area contributed by atoms with Crippen LogP contribution in [0.2, 0.25) is 0 Å². The molecule has 0 spiro atoms. The Kier molecular flexibility index (Phi) is 2.36. The normalized spacial score (nSPS) is 12.8. The molecule has 86 valence electrons. The summed E-state index contributed by atoms with van der Waals surface area (Å²) in [7, 11) is 1.73. The van der Waals surface area contributed by atoms with E-state index in [4.69, 9.17) is 4.74 Å². The fraction of sp³-hybridized carbons (Fsp3) is 0.267. The summed E-state index contributed by atoms with van der Waals surface area (Å²) in [5, 5.41) is 0. The second-order valence-electron chi connectivity index (χ2n) is 4.51. The average molecular weight is 225 g/mol. The van der Waals surface area contributed by atoms with Gasteiger partial charge in [-0.15, -0.1) is 0 Å². The van der Waals surface area contributed by atoms with Crippen molar-refractivity contribution < 1.29 is 4.74 Å². The van der Waals surface area contributed by atoms with Crippen molar-refractivity contribution in [3.05, 3.63) is 47.2 Å². The second kappa shape index (κ2) is 3.88. The molecule has 0 fully saturated rings. The fourth-order valence-electron chi connectivity index (χ4n) is 2.59. The minimum Gasteiger partial charge on any atom is -0.496 e. The van der Waals surface area contributed by atoms with Gasteiger partial charge in [-0.1, -0.05) is 12.1 Å². The number of ether oxygens (including phenoxy) is 1. The van der Waals surface area contributed by atoms with E-state index in [0.717, 1.165) is 24.3 Å². The molecule has 17 heavy (non-hydrogen) atoms. The molecule has 1 aliphatic rings. The first-order valence-electron chi connectivity index (χ1n) is 5.91. The standard InChI is InChI=1S/C15H15NO/c1-10-8-12-6-5-11-4-3-7-16-15(11)14(12)13(9-10)17-2/h3-4,7-9H,5-6H2,1-2H3. The van der Waals surface area contributed by atoms with Gasteiger partial charge < -0.3 is 4.74 Å². The van der Waals surface area contributed by atoms with Crippen LogP contribution in [-0.2, 0) is 12.8 Å². The molecular formula is C15H15NO. The lowest BCUT2D eigenvalue weighted by atomic mass is 9.87. The van der Waals surface area contributed by atoms with Crippen LogP contribution in [-0.4, -0.2) is 12.1 Å². The molecule has 0 radical (unpaired) electrons. The quantitative estimate of drug-likeness (QED) is 0.743. The molecule has 3 rings (SSSR count). The molecular weight excluding hydrogens is 210 g/mol. The number of benzene rings is 1. The SMILES string of the molecule is COc1cc(C)cc2c1-c1ncccc1CC2. The summed E-state index contributed by atoms with van der Waals surface area (Å²) in [6.45, 7) is 2.11. The highest BCUT2D eigenvalue weighted by molar-refractivity contribution is 5.76. The number of methoxy groups -OCH3 is 1. The Bertz CT molecular complexity index is 558. The molecule has 0 saturated carbocycles. The molecule has 2 nitrogen and oxygen atoms in total. The molecule has 0 bridgehead atoms. The van der Waals surface area contributed by atoms with Gasteiger partial charge in [-0.25, -0.2) is 0 Å². The molecule has 1 aliphatic carbocycles. The van der Waals surface area contributed by atoms with E-state index in [2.05, 4.69) is 30.1 Å². The lowest BCUT2D eigenvalue weighted by Crippen LogP contribution is -2.07. The smallest absolute Gasteiger partial charge is 0.128 e. The zero-order chi connectivity index (χ0) is 11.8. The van der Waals surface area contributed by atoms with E-state index >= 15 is 0 Å². The topological polar surface area (TPSA) is 22.1 Å². The Morgan fingerprint density at radius 1 is 1.18 bits per heavy atom. The third-order valence-electron chi connectivity index (χ3n) is 3.34. The van der Waals surface area contributed by atoms with E-state index in [1.807, 2.05) is 12.3 Å². The van der Waals surface area contributed by atoms with Gasteiger partial charge in [0, 0.05) is 11.8 Å². The summed E-state index contributed by atoms with van der Waals surface area (Å²) >= 11 is 0. The van der Waals surface area contributed by atoms with Crippen molar-refractivity contribution >= 4 is 0 Å². The third kappa shape index (κ3) is 1.60. The summed E-state index contributed by atoms with van der Waals surface area (Å²) in [6, 6.07) is 8.49. The fourth-order valence-corrected chi connectivity index (χ4v) is 2.59. The van der Waals surface area contributed by atoms with Gasteiger partial charge >= 0.3 is 0 Å². The number of hydrogen-bond acceptors (Lipinski definition) is 2. The van der Waals surface area contributed by atoms with Gasteiger partial charge in [-0.3, -0.25) is 4.98 Å². The Labute approximate surface area is 101 Å². The Balaban J connectivity index is 2.30. The van der Waals surface area contributed by atoms with Crippen molar-refractivity contribution in [1.82, 2.24) is 4.98 Å². The molecule has 2 aromatic rings. The highest BCUT2D eigenvalue weighted by Gasteiger charge is 2.21. The molecule has 0 aliphatic heterocycles. The van der Waals surface area contributed by atoms with Crippen LogP contribution in [0.5, 0.6) is 5.75 Å². The van der Waals surface area contributed by atoms with E-state index in [1.165, 1.54) is 22.3 Å². The number of rotatable bonds is 1. The predicted molar refractivity (Wildman–Crippen MR) is 68.4 cm³/mol. The van der Waals surface area contributed by atoms with Crippen LogP contribution >= 0.6 is 0 Å². The largest absolute Gasteiger partial charge is 0.496 e. The maximum atomic E-state index is 5.51. The Morgan fingerprint density at radius 2 is 2.00 bits per heavy atom. The van der Waals surface area contributed by atoms with E-state index < -0.39 is 0 Å². The van der Waals surface area contributed by atoms with E-state index in [-0.39, 0.29) is 0 Å². The van der Waals surface area contributed by atoms with Gasteiger partial charge in [-0.2, -0.15) is 0 Å². The predicted octanol–water partition coefficient (Wildman–Crippen LogP) is 3.16. The van der Waals surface area contributed by atoms with Gasteiger partial charge in [0.1, 0.15) is 5.75 Å². The van der Waals surface area contributed by atoms with Crippen LogP contribution in [0.1, 0.15) is 16.7 Å². The zero-order valence-electron chi connectivity index (χ0n) is 10.2. The number of fused-ring (bicyclic) bond motifs is 3. The van der Waals surface area contributed by atoms with Crippen LogP contribution in [0.15, 0.2) is 30.5 Å². The van der Waals surface area contributed by atoms with Crippen LogP contribution in [0.3, 0.4) is 0 Å². The number of aromatic nitrogens is 1. The van der Waals surface area contributed by atoms with Crippen molar-refractivity contribution in [2.24, 2.45) is 0 Å². The number of aryl methyl sites for hydroxylation is 3. The van der Waals surface area contributed by atoms with Gasteiger partial charge in [0.2, 0.25) is 0 Å². The van der Waals surface area contributed by atoms with Crippen molar-refractivity contribution in [2.45, 2.75) is 19.8 Å². The maximum absolute atomic E-state index is 5.51. The minimum absolute atomic E-state index is 0.944. The van der Waals surface area contributed by atoms with Gasteiger partial charge in [0.05, 0.1) is 12.8 Å². The van der Waals surface area contributed by atoms with Gasteiger partial charge in [-0.05, 0) is 48.6 Å². The van der Waals surface area contributed by atoms with E-state index in [9.17, 15) is 0 Å². The first kappa shape index (κ1) is 10.3. The molecule has 1 heterocycles. The molecule has 0 N–H and O–H groups in total. The first-order chi connectivity index (χ1) is 8.29. The second-order valence-corrected chi connectivity index (χ2v) is 4.51. The Morgan fingerprint density at radius 3 is 2.82 bits per heavy atom. The van der Waals surface area contributed by atoms with Crippen molar-refractivity contribution in [3.63, 3.8) is 0 Å². The summed E-state index contributed by atoms with van der Waals surface area (Å²) in [5.74, 6) is 0.944. The monoisotopic (exact) mass is 225 g/mol. The first-order valence-corrected chi connectivity index (χ1v) is 5.91. The highest BCUT2D eigenvalue weighted by Crippen LogP contribution is 2.39. The van der Waals surface area contributed by atoms with Crippen molar-refractivity contribution in [2.75, 3.05) is 7.11 Å². The molecule has 2 heteroatoms. The van der Waals surface area contributed by atoms with Crippen molar-refractivity contribution in [1.29, 1.82) is 0 Å². The summed E-state index contributed by atoms with van der Waals surface area (Å²) in [5.41, 5.74) is 6.20. The third-order valence-corrected chi connectivity index (χ3v) is 3.34. The molecule has 0 atom stereocenters. The van der Waals surface area contributed by atoms with Crippen LogP contribution in [0.25, 0.3) is 11.3 Å². The lowest BCUT2D eigenvalue weighted by Gasteiger charge is -2.21. The Hall–Kier alpha value is -1.83. The average Bonchev–Trinajstić information content (AvgIpc) is 2.37. The molecule has 0 unspecified atom stereocenters. The van der Waals surface area contributed by atoms with Crippen LogP contribution in [0, 0.1) is 6.92 Å². The van der Waals surface area contributed by atoms with E-state index in [0.29, 0.717) is 0 Å². The molecule has 1 aromatic carbocycles. The molecule has 0 amide bonds. The number of nitrogens with zero attached hydrogens (tertiary/aromatic N) is 1. The van der Waals surface area contributed by atoms with Gasteiger partial charge in [0.25, 0.3) is 0 Å². The summed E-state index contributed by atoms with van der Waals surface area (Å²) in [4.78, 5) is 4.52. The number of hydrogen-bond donors (Lipinski definition) is 0. The minimum atomic E-state index is 0.944. The van der Waals surface area contributed by atoms with Crippen molar-refractivity contribution in [3.8, 4) is 17.0 Å².